The number of nitrogens with one attached hydrogen (secondary N) is 1. The number of piperidine rings is 2. The molecule has 0 radical (unpaired) electrons. The minimum Gasteiger partial charge on any atom is -0.478 e. The fourth-order valence-corrected chi connectivity index (χ4v) is 10.3. The van der Waals surface area contributed by atoms with E-state index in [1.54, 1.807) is 17.0 Å². The summed E-state index contributed by atoms with van der Waals surface area (Å²) in [4.78, 5) is 58.3. The molecule has 5 aliphatic rings. The van der Waals surface area contributed by atoms with Gasteiger partial charge in [0.15, 0.2) is 0 Å². The molecule has 3 amide bonds. The minimum absolute atomic E-state index is 0.138. The van der Waals surface area contributed by atoms with Crippen LogP contribution >= 0.6 is 23.2 Å². The number of rotatable bonds is 8. The van der Waals surface area contributed by atoms with E-state index in [0.717, 1.165) is 123 Å². The number of hydrogen-bond acceptors (Lipinski definition) is 7. The molecule has 0 saturated carbocycles. The number of fused-ring (bicyclic) bond motifs is 2. The van der Waals surface area contributed by atoms with Crippen LogP contribution in [0.5, 0.6) is 0 Å². The minimum atomic E-state index is -0.922. The first-order valence-corrected chi connectivity index (χ1v) is 21.5. The van der Waals surface area contributed by atoms with Crippen molar-refractivity contribution in [3.63, 3.8) is 0 Å². The summed E-state index contributed by atoms with van der Waals surface area (Å²) >= 11 is 13.1. The van der Waals surface area contributed by atoms with Gasteiger partial charge in [-0.15, -0.1) is 0 Å². The number of carboxylic acids is 1. The third-order valence-electron chi connectivity index (χ3n) is 12.9. The number of benzene rings is 4. The Kier molecular flexibility index (Phi) is 11.0. The Morgan fingerprint density at radius 2 is 1.42 bits per heavy atom. The number of aryl methyl sites for hydroxylation is 1. The predicted molar refractivity (Wildman–Crippen MR) is 231 cm³/mol. The summed E-state index contributed by atoms with van der Waals surface area (Å²) in [7, 11) is 0. The van der Waals surface area contributed by atoms with Crippen molar-refractivity contribution in [1.82, 2.24) is 15.1 Å². The van der Waals surface area contributed by atoms with Gasteiger partial charge in [0.25, 0.3) is 5.91 Å². The van der Waals surface area contributed by atoms with Gasteiger partial charge in [-0.05, 0) is 138 Å². The molecule has 0 aromatic heterocycles. The van der Waals surface area contributed by atoms with Crippen LogP contribution in [0.1, 0.15) is 87.1 Å². The van der Waals surface area contributed by atoms with Crippen molar-refractivity contribution in [2.45, 2.75) is 57.5 Å². The van der Waals surface area contributed by atoms with Crippen molar-refractivity contribution >= 4 is 69.4 Å². The number of piperazine rings is 1. The average Bonchev–Trinajstić information content (AvgIpc) is 3.43. The maximum Gasteiger partial charge on any atom is 0.335 e. The second kappa shape index (κ2) is 16.5. The van der Waals surface area contributed by atoms with Gasteiger partial charge in [0, 0.05) is 85.8 Å². The summed E-state index contributed by atoms with van der Waals surface area (Å²) in [6.07, 6.45) is 5.35. The smallest absolute Gasteiger partial charge is 0.335 e. The van der Waals surface area contributed by atoms with Crippen LogP contribution in [0.25, 0.3) is 11.1 Å². The highest BCUT2D eigenvalue weighted by molar-refractivity contribution is 6.36. The number of amides is 3. The summed E-state index contributed by atoms with van der Waals surface area (Å²) in [5.74, 6) is -1.09. The molecule has 1 atom stereocenters. The van der Waals surface area contributed by atoms with Gasteiger partial charge in [0.05, 0.1) is 5.56 Å². The van der Waals surface area contributed by atoms with Gasteiger partial charge in [-0.2, -0.15) is 0 Å². The maximum atomic E-state index is 13.2. The number of allylic oxidation sites excluding steroid dienone is 1. The quantitative estimate of drug-likeness (QED) is 0.173. The second-order valence-corrected chi connectivity index (χ2v) is 17.4. The van der Waals surface area contributed by atoms with Crippen LogP contribution in [0.4, 0.5) is 11.4 Å². The standard InChI is InChI=1S/C47H47Cl2N5O5/c48-34-7-12-39(41(49)26-34)40-3-1-2-31-24-32(47(58)59)6-11-37(31)44(40)30-4-8-35(9-5-30)52-18-16-29(17-19-52)27-51-20-22-53(23-21-51)36-10-13-38-33(25-36)28-54(46(38)57)42-14-15-43(55)50-45(42)56/h4-13,24-26,29,42H,1-3,14-23,27-28H2,(H,58,59)(H,50,55,56)/t42-/m0/s1. The van der Waals surface area contributed by atoms with Crippen molar-refractivity contribution in [3.05, 3.63) is 128 Å². The van der Waals surface area contributed by atoms with Crippen LogP contribution in [0.3, 0.4) is 0 Å². The molecule has 12 heteroatoms. The van der Waals surface area contributed by atoms with Crippen molar-refractivity contribution in [2.24, 2.45) is 5.92 Å². The number of carbonyl (C=O) groups is 4. The van der Waals surface area contributed by atoms with E-state index in [9.17, 15) is 24.3 Å². The zero-order valence-electron chi connectivity index (χ0n) is 32.9. The van der Waals surface area contributed by atoms with E-state index < -0.39 is 12.0 Å². The van der Waals surface area contributed by atoms with E-state index in [-0.39, 0.29) is 24.1 Å². The Morgan fingerprint density at radius 3 is 2.15 bits per heavy atom. The van der Waals surface area contributed by atoms with Crippen LogP contribution in [0.2, 0.25) is 10.0 Å². The van der Waals surface area contributed by atoms with Crippen molar-refractivity contribution in [1.29, 1.82) is 0 Å². The van der Waals surface area contributed by atoms with E-state index in [1.807, 2.05) is 36.4 Å². The molecule has 3 saturated heterocycles. The Labute approximate surface area is 354 Å². The van der Waals surface area contributed by atoms with Crippen LogP contribution in [-0.2, 0) is 22.6 Å². The largest absolute Gasteiger partial charge is 0.478 e. The second-order valence-electron chi connectivity index (χ2n) is 16.5. The molecule has 4 heterocycles. The number of carbonyl (C=O) groups excluding carboxylic acids is 3. The molecular formula is C47H47Cl2N5O5. The van der Waals surface area contributed by atoms with Gasteiger partial charge >= 0.3 is 5.97 Å². The van der Waals surface area contributed by atoms with Gasteiger partial charge in [0.1, 0.15) is 6.04 Å². The number of aromatic carboxylic acids is 1. The third kappa shape index (κ3) is 7.98. The fourth-order valence-electron chi connectivity index (χ4n) is 9.78. The number of halogens is 2. The van der Waals surface area contributed by atoms with E-state index >= 15 is 0 Å². The molecule has 10 nitrogen and oxygen atoms in total. The Bertz CT molecular complexity index is 2360. The van der Waals surface area contributed by atoms with Gasteiger partial charge in [-0.3, -0.25) is 24.6 Å². The van der Waals surface area contributed by atoms with Gasteiger partial charge in [0.2, 0.25) is 11.8 Å². The molecule has 1 aliphatic carbocycles. The molecule has 3 fully saturated rings. The normalized spacial score (nSPS) is 20.4. The lowest BCUT2D eigenvalue weighted by atomic mass is 9.87. The van der Waals surface area contributed by atoms with Crippen LogP contribution in [0, 0.1) is 5.92 Å². The van der Waals surface area contributed by atoms with E-state index in [1.165, 1.54) is 5.69 Å². The van der Waals surface area contributed by atoms with Crippen LogP contribution in [-0.4, -0.2) is 90.5 Å². The lowest BCUT2D eigenvalue weighted by Crippen LogP contribution is -2.52. The molecule has 4 aromatic carbocycles. The third-order valence-corrected chi connectivity index (χ3v) is 13.5. The molecule has 2 N–H and O–H groups in total. The Morgan fingerprint density at radius 1 is 0.712 bits per heavy atom. The van der Waals surface area contributed by atoms with E-state index in [2.05, 4.69) is 50.3 Å². The van der Waals surface area contributed by atoms with Crippen molar-refractivity contribution < 1.29 is 24.3 Å². The Balaban J connectivity index is 0.820. The van der Waals surface area contributed by atoms with Crippen LogP contribution in [0.15, 0.2) is 78.9 Å². The number of carboxylic acid groups (broad SMARTS) is 1. The summed E-state index contributed by atoms with van der Waals surface area (Å²) < 4.78 is 0. The average molecular weight is 833 g/mol. The summed E-state index contributed by atoms with van der Waals surface area (Å²) in [6.45, 7) is 7.30. The first kappa shape index (κ1) is 39.3. The molecule has 304 valence electrons. The monoisotopic (exact) mass is 831 g/mol. The van der Waals surface area contributed by atoms with Gasteiger partial charge < -0.3 is 19.8 Å². The predicted octanol–water partition coefficient (Wildman–Crippen LogP) is 7.79. The topological polar surface area (TPSA) is 114 Å². The molecule has 0 unspecified atom stereocenters. The maximum absolute atomic E-state index is 13.2. The number of imide groups is 1. The number of hydrogen-bond donors (Lipinski definition) is 2. The highest BCUT2D eigenvalue weighted by atomic mass is 35.5. The highest BCUT2D eigenvalue weighted by Crippen LogP contribution is 2.43. The van der Waals surface area contributed by atoms with Crippen molar-refractivity contribution in [2.75, 3.05) is 55.6 Å². The SMILES string of the molecule is O=C1CC[C@H](N2Cc3cc(N4CCN(CC5CCN(c6ccc(C7=C(c8ccc(Cl)cc8Cl)CCCc8cc(C(=O)O)ccc87)cc6)CC5)CC4)ccc3C2=O)C(=O)N1. The van der Waals surface area contributed by atoms with Gasteiger partial charge in [-0.1, -0.05) is 47.5 Å². The molecule has 59 heavy (non-hydrogen) atoms. The number of anilines is 2. The highest BCUT2D eigenvalue weighted by Gasteiger charge is 2.39. The zero-order chi connectivity index (χ0) is 40.8. The molecule has 4 aromatic rings. The van der Waals surface area contributed by atoms with Crippen molar-refractivity contribution in [3.8, 4) is 0 Å². The Hall–Kier alpha value is -5.16. The number of nitrogens with zero attached hydrogens (tertiary/aromatic N) is 4. The summed E-state index contributed by atoms with van der Waals surface area (Å²) in [5.41, 5.74) is 10.6. The van der Waals surface area contributed by atoms with E-state index in [0.29, 0.717) is 40.1 Å². The fraction of sp³-hybridized carbons (Fsp3) is 0.362. The molecule has 4 aliphatic heterocycles. The van der Waals surface area contributed by atoms with Crippen LogP contribution < -0.4 is 15.1 Å². The first-order chi connectivity index (χ1) is 28.6. The first-order valence-electron chi connectivity index (χ1n) is 20.7. The summed E-state index contributed by atoms with van der Waals surface area (Å²) in [5, 5.41) is 13.3. The molecule has 9 rings (SSSR count). The molecule has 0 bridgehead atoms. The zero-order valence-corrected chi connectivity index (χ0v) is 34.4. The van der Waals surface area contributed by atoms with E-state index in [4.69, 9.17) is 23.2 Å². The molecule has 0 spiro atoms. The lowest BCUT2D eigenvalue weighted by molar-refractivity contribution is -0.136. The lowest BCUT2D eigenvalue weighted by Gasteiger charge is -2.40. The van der Waals surface area contributed by atoms with Gasteiger partial charge in [-0.25, -0.2) is 4.79 Å². The molecular weight excluding hydrogens is 785 g/mol. The summed E-state index contributed by atoms with van der Waals surface area (Å²) in [6, 6.07) is 25.4.